The molecule has 0 saturated carbocycles. The topological polar surface area (TPSA) is 75.3 Å². The summed E-state index contributed by atoms with van der Waals surface area (Å²) in [5.74, 6) is 1.37. The number of nitrogens with two attached hydrogens (primary N) is 1. The molecule has 0 fully saturated rings. The average molecular weight is 276 g/mol. The second-order valence-electron chi connectivity index (χ2n) is 5.64. The van der Waals surface area contributed by atoms with Gasteiger partial charge >= 0.3 is 0 Å². The molecule has 0 aliphatic rings. The lowest BCUT2D eigenvalue weighted by atomic mass is 9.94. The lowest BCUT2D eigenvalue weighted by molar-refractivity contribution is -0.123. The fourth-order valence-corrected chi connectivity index (χ4v) is 2.64. The maximum atomic E-state index is 11.8. The summed E-state index contributed by atoms with van der Waals surface area (Å²) in [6.07, 6.45) is 3.35. The van der Waals surface area contributed by atoms with E-state index in [2.05, 4.69) is 19.2 Å². The van der Waals surface area contributed by atoms with Crippen molar-refractivity contribution in [1.29, 1.82) is 0 Å². The quantitative estimate of drug-likeness (QED) is 0.592. The first-order valence-electron chi connectivity index (χ1n) is 6.48. The standard InChI is InChI=1S/C13H28N2O2S/c1-10(2)5-11(7-14)6-12(16)15-8-13(3,17)9-18-4/h10-11,17H,5-9,14H2,1-4H3,(H,15,16)/t11-,13?/m0/s1. The number of rotatable bonds is 9. The lowest BCUT2D eigenvalue weighted by Gasteiger charge is -2.23. The first kappa shape index (κ1) is 17.7. The van der Waals surface area contributed by atoms with Gasteiger partial charge in [0, 0.05) is 18.7 Å². The van der Waals surface area contributed by atoms with Crippen molar-refractivity contribution in [3.8, 4) is 0 Å². The Morgan fingerprint density at radius 1 is 1.50 bits per heavy atom. The van der Waals surface area contributed by atoms with Gasteiger partial charge in [-0.2, -0.15) is 11.8 Å². The summed E-state index contributed by atoms with van der Waals surface area (Å²) in [5, 5.41) is 12.7. The summed E-state index contributed by atoms with van der Waals surface area (Å²) in [5.41, 5.74) is 4.82. The molecule has 1 amide bonds. The van der Waals surface area contributed by atoms with Crippen molar-refractivity contribution in [1.82, 2.24) is 5.32 Å². The molecule has 18 heavy (non-hydrogen) atoms. The molecule has 0 spiro atoms. The van der Waals surface area contributed by atoms with Crippen LogP contribution >= 0.6 is 11.8 Å². The highest BCUT2D eigenvalue weighted by atomic mass is 32.2. The van der Waals surface area contributed by atoms with Gasteiger partial charge in [0.15, 0.2) is 0 Å². The van der Waals surface area contributed by atoms with E-state index < -0.39 is 5.60 Å². The third-order valence-electron chi connectivity index (χ3n) is 2.73. The highest BCUT2D eigenvalue weighted by molar-refractivity contribution is 7.98. The summed E-state index contributed by atoms with van der Waals surface area (Å²) < 4.78 is 0. The van der Waals surface area contributed by atoms with Crippen LogP contribution in [0.1, 0.15) is 33.6 Å². The summed E-state index contributed by atoms with van der Waals surface area (Å²) in [6.45, 7) is 6.82. The van der Waals surface area contributed by atoms with Crippen molar-refractivity contribution in [2.75, 3.05) is 25.1 Å². The van der Waals surface area contributed by atoms with E-state index in [0.717, 1.165) is 6.42 Å². The van der Waals surface area contributed by atoms with Crippen LogP contribution in [0.3, 0.4) is 0 Å². The second-order valence-corrected chi connectivity index (χ2v) is 6.51. The van der Waals surface area contributed by atoms with Crippen LogP contribution in [0, 0.1) is 11.8 Å². The van der Waals surface area contributed by atoms with Crippen LogP contribution < -0.4 is 11.1 Å². The molecule has 1 unspecified atom stereocenters. The molecule has 0 aliphatic carbocycles. The Morgan fingerprint density at radius 3 is 2.56 bits per heavy atom. The zero-order valence-electron chi connectivity index (χ0n) is 12.0. The van der Waals surface area contributed by atoms with E-state index in [1.165, 1.54) is 0 Å². The normalized spacial score (nSPS) is 16.4. The van der Waals surface area contributed by atoms with Gasteiger partial charge in [0.2, 0.25) is 5.91 Å². The first-order chi connectivity index (χ1) is 8.30. The van der Waals surface area contributed by atoms with E-state index in [4.69, 9.17) is 5.73 Å². The van der Waals surface area contributed by atoms with E-state index in [9.17, 15) is 9.90 Å². The summed E-state index contributed by atoms with van der Waals surface area (Å²) in [6, 6.07) is 0. The molecule has 0 aromatic heterocycles. The highest BCUT2D eigenvalue weighted by Gasteiger charge is 2.21. The smallest absolute Gasteiger partial charge is 0.220 e. The first-order valence-corrected chi connectivity index (χ1v) is 7.88. The van der Waals surface area contributed by atoms with Crippen molar-refractivity contribution >= 4 is 17.7 Å². The monoisotopic (exact) mass is 276 g/mol. The number of thioether (sulfide) groups is 1. The molecule has 4 nitrogen and oxygen atoms in total. The van der Waals surface area contributed by atoms with E-state index >= 15 is 0 Å². The maximum absolute atomic E-state index is 11.8. The van der Waals surface area contributed by atoms with Crippen LogP contribution in [0.15, 0.2) is 0 Å². The highest BCUT2D eigenvalue weighted by Crippen LogP contribution is 2.14. The van der Waals surface area contributed by atoms with Crippen LogP contribution in [-0.2, 0) is 4.79 Å². The number of amides is 1. The number of hydrogen-bond acceptors (Lipinski definition) is 4. The molecule has 0 saturated heterocycles. The minimum absolute atomic E-state index is 0.0209. The van der Waals surface area contributed by atoms with Gasteiger partial charge in [-0.05, 0) is 38.0 Å². The molecule has 0 aliphatic heterocycles. The van der Waals surface area contributed by atoms with E-state index in [1.807, 2.05) is 6.26 Å². The van der Waals surface area contributed by atoms with Crippen LogP contribution in [0.5, 0.6) is 0 Å². The summed E-state index contributed by atoms with van der Waals surface area (Å²) >= 11 is 1.57. The van der Waals surface area contributed by atoms with E-state index in [1.54, 1.807) is 18.7 Å². The fraction of sp³-hybridized carbons (Fsp3) is 0.923. The van der Waals surface area contributed by atoms with Crippen molar-refractivity contribution in [2.24, 2.45) is 17.6 Å². The van der Waals surface area contributed by atoms with Gasteiger partial charge in [-0.25, -0.2) is 0 Å². The Balaban J connectivity index is 4.02. The Labute approximate surface area is 115 Å². The molecule has 0 aromatic rings. The van der Waals surface area contributed by atoms with E-state index in [-0.39, 0.29) is 11.8 Å². The van der Waals surface area contributed by atoms with Crippen LogP contribution in [0.4, 0.5) is 0 Å². The number of carbonyl (C=O) groups is 1. The zero-order valence-corrected chi connectivity index (χ0v) is 12.8. The average Bonchev–Trinajstić information content (AvgIpc) is 2.25. The van der Waals surface area contributed by atoms with Crippen molar-refractivity contribution in [2.45, 2.75) is 39.2 Å². The van der Waals surface area contributed by atoms with Crippen molar-refractivity contribution < 1.29 is 9.90 Å². The van der Waals surface area contributed by atoms with Crippen LogP contribution in [-0.4, -0.2) is 41.7 Å². The predicted octanol–water partition coefficient (Wildman–Crippen LogP) is 1.23. The SMILES string of the molecule is CSCC(C)(O)CNC(=O)C[C@@H](CN)CC(C)C. The fourth-order valence-electron chi connectivity index (χ4n) is 1.91. The van der Waals surface area contributed by atoms with Gasteiger partial charge in [0.05, 0.1) is 5.60 Å². The third kappa shape index (κ3) is 8.78. The number of hydrogen-bond donors (Lipinski definition) is 3. The molecule has 0 rings (SSSR count). The van der Waals surface area contributed by atoms with Gasteiger partial charge < -0.3 is 16.2 Å². The lowest BCUT2D eigenvalue weighted by Crippen LogP contribution is -2.43. The van der Waals surface area contributed by atoms with Crippen LogP contribution in [0.2, 0.25) is 0 Å². The molecule has 2 atom stereocenters. The predicted molar refractivity (Wildman–Crippen MR) is 78.6 cm³/mol. The maximum Gasteiger partial charge on any atom is 0.220 e. The molecule has 0 radical (unpaired) electrons. The molecule has 108 valence electrons. The van der Waals surface area contributed by atoms with Gasteiger partial charge in [-0.3, -0.25) is 4.79 Å². The molecule has 5 heteroatoms. The van der Waals surface area contributed by atoms with Gasteiger partial charge in [0.1, 0.15) is 0 Å². The number of aliphatic hydroxyl groups is 1. The molecular formula is C13H28N2O2S. The number of carbonyl (C=O) groups excluding carboxylic acids is 1. The number of nitrogens with one attached hydrogen (secondary N) is 1. The Hall–Kier alpha value is -0.260. The molecule has 4 N–H and O–H groups in total. The second kappa shape index (κ2) is 8.77. The van der Waals surface area contributed by atoms with Crippen molar-refractivity contribution in [3.05, 3.63) is 0 Å². The summed E-state index contributed by atoms with van der Waals surface area (Å²) in [7, 11) is 0. The largest absolute Gasteiger partial charge is 0.387 e. The van der Waals surface area contributed by atoms with Gasteiger partial charge in [-0.1, -0.05) is 13.8 Å². The molecule has 0 bridgehead atoms. The van der Waals surface area contributed by atoms with Gasteiger partial charge in [0.25, 0.3) is 0 Å². The Bertz CT molecular complexity index is 245. The molecule has 0 aromatic carbocycles. The minimum atomic E-state index is -0.842. The van der Waals surface area contributed by atoms with E-state index in [0.29, 0.717) is 31.2 Å². The third-order valence-corrected chi connectivity index (χ3v) is 3.64. The molecule has 0 heterocycles. The minimum Gasteiger partial charge on any atom is -0.387 e. The molecular weight excluding hydrogens is 248 g/mol. The Kier molecular flexibility index (Phi) is 8.65. The zero-order chi connectivity index (χ0) is 14.2. The Morgan fingerprint density at radius 2 is 2.11 bits per heavy atom. The van der Waals surface area contributed by atoms with Crippen molar-refractivity contribution in [3.63, 3.8) is 0 Å². The van der Waals surface area contributed by atoms with Crippen LogP contribution in [0.25, 0.3) is 0 Å². The van der Waals surface area contributed by atoms with Gasteiger partial charge in [-0.15, -0.1) is 0 Å². The summed E-state index contributed by atoms with van der Waals surface area (Å²) in [4.78, 5) is 11.8.